The minimum Gasteiger partial charge on any atom is -0.493 e. The Morgan fingerprint density at radius 2 is 2.05 bits per heavy atom. The lowest BCUT2D eigenvalue weighted by Gasteiger charge is -2.16. The van der Waals surface area contributed by atoms with E-state index in [0.29, 0.717) is 0 Å². The zero-order valence-electron chi connectivity index (χ0n) is 12.1. The van der Waals surface area contributed by atoms with Gasteiger partial charge in [-0.25, -0.2) is 0 Å². The molecule has 0 radical (unpaired) electrons. The molecule has 3 nitrogen and oxygen atoms in total. The van der Waals surface area contributed by atoms with Crippen molar-refractivity contribution in [2.45, 2.75) is 39.2 Å². The fourth-order valence-corrected chi connectivity index (χ4v) is 2.60. The first-order chi connectivity index (χ1) is 9.16. The molecule has 0 unspecified atom stereocenters. The molecule has 1 aliphatic heterocycles. The number of hydrogen-bond acceptors (Lipinski definition) is 3. The lowest BCUT2D eigenvalue weighted by molar-refractivity contribution is 0.189. The normalized spacial score (nSPS) is 17.6. The third kappa shape index (κ3) is 4.22. The van der Waals surface area contributed by atoms with Gasteiger partial charge in [0.15, 0.2) is 0 Å². The summed E-state index contributed by atoms with van der Waals surface area (Å²) >= 11 is 0. The number of nitrogens with zero attached hydrogens (tertiary/aromatic N) is 1. The zero-order chi connectivity index (χ0) is 13.7. The molecular formula is C16H25NO2. The van der Waals surface area contributed by atoms with Crippen LogP contribution in [0.3, 0.4) is 0 Å². The van der Waals surface area contributed by atoms with E-state index >= 15 is 0 Å². The molecule has 0 aromatic heterocycles. The van der Waals surface area contributed by atoms with E-state index in [1.807, 2.05) is 25.1 Å². The number of aliphatic hydroxyl groups is 1. The van der Waals surface area contributed by atoms with E-state index in [0.717, 1.165) is 36.4 Å². The highest BCUT2D eigenvalue weighted by Crippen LogP contribution is 2.26. The van der Waals surface area contributed by atoms with Crippen molar-refractivity contribution in [2.24, 2.45) is 0 Å². The van der Waals surface area contributed by atoms with Gasteiger partial charge in [-0.05, 0) is 58.3 Å². The van der Waals surface area contributed by atoms with Crippen molar-refractivity contribution in [3.05, 3.63) is 29.3 Å². The van der Waals surface area contributed by atoms with Crippen LogP contribution in [0.5, 0.6) is 5.75 Å². The summed E-state index contributed by atoms with van der Waals surface area (Å²) in [5.41, 5.74) is 2.04. The van der Waals surface area contributed by atoms with Gasteiger partial charge in [0, 0.05) is 12.1 Å². The van der Waals surface area contributed by atoms with Crippen molar-refractivity contribution < 1.29 is 9.84 Å². The van der Waals surface area contributed by atoms with E-state index < -0.39 is 6.10 Å². The molecule has 1 aliphatic rings. The Hall–Kier alpha value is -1.06. The zero-order valence-corrected chi connectivity index (χ0v) is 12.1. The number of aliphatic hydroxyl groups excluding tert-OH is 1. The van der Waals surface area contributed by atoms with Crippen LogP contribution >= 0.6 is 0 Å². The van der Waals surface area contributed by atoms with Crippen LogP contribution < -0.4 is 4.74 Å². The smallest absolute Gasteiger partial charge is 0.125 e. The largest absolute Gasteiger partial charge is 0.493 e. The molecule has 106 valence electrons. The van der Waals surface area contributed by atoms with Gasteiger partial charge in [0.25, 0.3) is 0 Å². The van der Waals surface area contributed by atoms with E-state index in [2.05, 4.69) is 4.90 Å². The van der Waals surface area contributed by atoms with Gasteiger partial charge in [0.2, 0.25) is 0 Å². The predicted octanol–water partition coefficient (Wildman–Crippen LogP) is 2.91. The molecule has 0 saturated carbocycles. The Bertz CT molecular complexity index is 398. The van der Waals surface area contributed by atoms with Crippen molar-refractivity contribution >= 4 is 0 Å². The minimum absolute atomic E-state index is 0.478. The maximum Gasteiger partial charge on any atom is 0.125 e. The highest BCUT2D eigenvalue weighted by molar-refractivity contribution is 5.38. The molecule has 0 bridgehead atoms. The highest BCUT2D eigenvalue weighted by atomic mass is 16.5. The molecular weight excluding hydrogens is 238 g/mol. The Balaban J connectivity index is 1.81. The molecule has 1 atom stereocenters. The number of benzene rings is 1. The number of hydrogen-bond donors (Lipinski definition) is 1. The summed E-state index contributed by atoms with van der Waals surface area (Å²) in [5.74, 6) is 0.821. The highest BCUT2D eigenvalue weighted by Gasteiger charge is 2.12. The number of likely N-dealkylation sites (tertiary alicyclic amines) is 1. The summed E-state index contributed by atoms with van der Waals surface area (Å²) in [4.78, 5) is 2.49. The molecule has 1 fully saturated rings. The molecule has 1 N–H and O–H groups in total. The second kappa shape index (κ2) is 6.92. The van der Waals surface area contributed by atoms with Crippen molar-refractivity contribution in [1.29, 1.82) is 0 Å². The SMILES string of the molecule is Cc1ccc(OCCCN2CCCC2)c([C@@H](C)O)c1. The molecule has 1 aromatic carbocycles. The molecule has 0 spiro atoms. The summed E-state index contributed by atoms with van der Waals surface area (Å²) in [6.45, 7) is 8.14. The van der Waals surface area contributed by atoms with Gasteiger partial charge in [-0.2, -0.15) is 0 Å². The first kappa shape index (κ1) is 14.4. The van der Waals surface area contributed by atoms with E-state index in [1.54, 1.807) is 6.92 Å². The van der Waals surface area contributed by atoms with Crippen molar-refractivity contribution in [2.75, 3.05) is 26.2 Å². The van der Waals surface area contributed by atoms with E-state index in [1.165, 1.54) is 25.9 Å². The summed E-state index contributed by atoms with van der Waals surface area (Å²) < 4.78 is 5.83. The average Bonchev–Trinajstić information content (AvgIpc) is 2.89. The Morgan fingerprint density at radius 1 is 1.32 bits per heavy atom. The van der Waals surface area contributed by atoms with Gasteiger partial charge >= 0.3 is 0 Å². The summed E-state index contributed by atoms with van der Waals surface area (Å²) in [6, 6.07) is 6.00. The van der Waals surface area contributed by atoms with Gasteiger partial charge in [0.1, 0.15) is 5.75 Å². The maximum atomic E-state index is 9.77. The molecule has 0 aliphatic carbocycles. The standard InChI is InChI=1S/C16H25NO2/c1-13-6-7-16(15(12-13)14(2)18)19-11-5-10-17-8-3-4-9-17/h6-7,12,14,18H,3-5,8-11H2,1-2H3/t14-/m1/s1. The average molecular weight is 263 g/mol. The van der Waals surface area contributed by atoms with Gasteiger partial charge < -0.3 is 14.7 Å². The third-order valence-electron chi connectivity index (χ3n) is 3.69. The van der Waals surface area contributed by atoms with Crippen LogP contribution in [0.2, 0.25) is 0 Å². The molecule has 19 heavy (non-hydrogen) atoms. The molecule has 1 aromatic rings. The third-order valence-corrected chi connectivity index (χ3v) is 3.69. The fourth-order valence-electron chi connectivity index (χ4n) is 2.60. The predicted molar refractivity (Wildman–Crippen MR) is 77.6 cm³/mol. The van der Waals surface area contributed by atoms with Crippen molar-refractivity contribution in [3.63, 3.8) is 0 Å². The van der Waals surface area contributed by atoms with Gasteiger partial charge in [-0.3, -0.25) is 0 Å². The van der Waals surface area contributed by atoms with E-state index in [-0.39, 0.29) is 0 Å². The first-order valence-corrected chi connectivity index (χ1v) is 7.30. The topological polar surface area (TPSA) is 32.7 Å². The molecule has 3 heteroatoms. The van der Waals surface area contributed by atoms with Crippen LogP contribution in [0.15, 0.2) is 18.2 Å². The van der Waals surface area contributed by atoms with Gasteiger partial charge in [0.05, 0.1) is 12.7 Å². The van der Waals surface area contributed by atoms with E-state index in [9.17, 15) is 5.11 Å². The van der Waals surface area contributed by atoms with Crippen LogP contribution in [0, 0.1) is 6.92 Å². The molecule has 1 saturated heterocycles. The summed E-state index contributed by atoms with van der Waals surface area (Å²) in [7, 11) is 0. The minimum atomic E-state index is -0.478. The van der Waals surface area contributed by atoms with Crippen LogP contribution in [-0.4, -0.2) is 36.2 Å². The van der Waals surface area contributed by atoms with Crippen LogP contribution in [0.25, 0.3) is 0 Å². The quantitative estimate of drug-likeness (QED) is 0.801. The maximum absolute atomic E-state index is 9.77. The number of rotatable bonds is 6. The monoisotopic (exact) mass is 263 g/mol. The molecule has 2 rings (SSSR count). The Kier molecular flexibility index (Phi) is 5.23. The Labute approximate surface area is 116 Å². The molecule has 0 amide bonds. The lowest BCUT2D eigenvalue weighted by Crippen LogP contribution is -2.22. The number of ether oxygens (including phenoxy) is 1. The van der Waals surface area contributed by atoms with Crippen molar-refractivity contribution in [3.8, 4) is 5.75 Å². The number of aryl methyl sites for hydroxylation is 1. The second-order valence-corrected chi connectivity index (χ2v) is 5.47. The summed E-state index contributed by atoms with van der Waals surface area (Å²) in [5, 5.41) is 9.77. The van der Waals surface area contributed by atoms with Gasteiger partial charge in [-0.1, -0.05) is 11.6 Å². The van der Waals surface area contributed by atoms with Crippen LogP contribution in [-0.2, 0) is 0 Å². The van der Waals surface area contributed by atoms with Crippen molar-refractivity contribution in [1.82, 2.24) is 4.90 Å². The van der Waals surface area contributed by atoms with Gasteiger partial charge in [-0.15, -0.1) is 0 Å². The van der Waals surface area contributed by atoms with Crippen LogP contribution in [0.1, 0.15) is 43.4 Å². The first-order valence-electron chi connectivity index (χ1n) is 7.30. The molecule has 1 heterocycles. The van der Waals surface area contributed by atoms with Crippen LogP contribution in [0.4, 0.5) is 0 Å². The Morgan fingerprint density at radius 3 is 2.74 bits per heavy atom. The second-order valence-electron chi connectivity index (χ2n) is 5.47. The lowest BCUT2D eigenvalue weighted by atomic mass is 10.1. The summed E-state index contributed by atoms with van der Waals surface area (Å²) in [6.07, 6.45) is 3.25. The fraction of sp³-hybridized carbons (Fsp3) is 0.625. The van der Waals surface area contributed by atoms with E-state index in [4.69, 9.17) is 4.74 Å².